The maximum absolute atomic E-state index is 12.5. The molecule has 0 saturated carbocycles. The van der Waals surface area contributed by atoms with Gasteiger partial charge in [-0.3, -0.25) is 4.79 Å². The first-order valence-corrected chi connectivity index (χ1v) is 6.74. The number of hydrogen-bond donors (Lipinski definition) is 1. The van der Waals surface area contributed by atoms with E-state index in [0.29, 0.717) is 29.2 Å². The van der Waals surface area contributed by atoms with Gasteiger partial charge in [0, 0.05) is 17.2 Å². The molecule has 2 rings (SSSR count). The molecule has 0 radical (unpaired) electrons. The lowest BCUT2D eigenvalue weighted by molar-refractivity contribution is 0.103. The van der Waals surface area contributed by atoms with Crippen LogP contribution in [0, 0.1) is 0 Å². The Labute approximate surface area is 124 Å². The first-order valence-electron chi connectivity index (χ1n) is 6.74. The molecule has 0 amide bonds. The summed E-state index contributed by atoms with van der Waals surface area (Å²) in [5.41, 5.74) is 7.81. The first kappa shape index (κ1) is 15.1. The lowest BCUT2D eigenvalue weighted by Gasteiger charge is -2.08. The predicted molar refractivity (Wildman–Crippen MR) is 82.2 cm³/mol. The van der Waals surface area contributed by atoms with Crippen LogP contribution in [0.4, 0.5) is 0 Å². The molecule has 0 unspecified atom stereocenters. The number of rotatable bonds is 6. The van der Waals surface area contributed by atoms with Crippen LogP contribution in [0.5, 0.6) is 11.5 Å². The highest BCUT2D eigenvalue weighted by Gasteiger charge is 2.12. The second kappa shape index (κ2) is 6.90. The van der Waals surface area contributed by atoms with E-state index < -0.39 is 0 Å². The number of ketones is 1. The van der Waals surface area contributed by atoms with Crippen LogP contribution in [0.1, 0.15) is 21.5 Å². The SMILES string of the molecule is COc1cc(OC)cc(C(=O)c2ccc(CCN)cc2)c1. The number of hydrogen-bond acceptors (Lipinski definition) is 4. The van der Waals surface area contributed by atoms with Gasteiger partial charge in [0.1, 0.15) is 11.5 Å². The minimum absolute atomic E-state index is 0.0634. The lowest BCUT2D eigenvalue weighted by atomic mass is 10.0. The average molecular weight is 285 g/mol. The van der Waals surface area contributed by atoms with Crippen molar-refractivity contribution in [1.29, 1.82) is 0 Å². The summed E-state index contributed by atoms with van der Waals surface area (Å²) < 4.78 is 10.4. The van der Waals surface area contributed by atoms with Gasteiger partial charge in [-0.1, -0.05) is 24.3 Å². The number of carbonyl (C=O) groups is 1. The maximum atomic E-state index is 12.5. The van der Waals surface area contributed by atoms with Gasteiger partial charge < -0.3 is 15.2 Å². The van der Waals surface area contributed by atoms with E-state index in [1.807, 2.05) is 24.3 Å². The van der Waals surface area contributed by atoms with E-state index in [1.165, 1.54) is 0 Å². The summed E-state index contributed by atoms with van der Waals surface area (Å²) in [5.74, 6) is 1.13. The highest BCUT2D eigenvalue weighted by Crippen LogP contribution is 2.24. The summed E-state index contributed by atoms with van der Waals surface area (Å²) in [6.45, 7) is 0.598. The van der Waals surface area contributed by atoms with Crippen LogP contribution >= 0.6 is 0 Å². The number of ether oxygens (including phenoxy) is 2. The Balaban J connectivity index is 2.30. The minimum Gasteiger partial charge on any atom is -0.497 e. The Kier molecular flexibility index (Phi) is 4.95. The maximum Gasteiger partial charge on any atom is 0.193 e. The van der Waals surface area contributed by atoms with Gasteiger partial charge in [-0.15, -0.1) is 0 Å². The van der Waals surface area contributed by atoms with E-state index in [1.54, 1.807) is 32.4 Å². The fourth-order valence-electron chi connectivity index (χ4n) is 2.09. The van der Waals surface area contributed by atoms with Crippen molar-refractivity contribution in [2.45, 2.75) is 6.42 Å². The minimum atomic E-state index is -0.0634. The quantitative estimate of drug-likeness (QED) is 0.828. The second-order valence-corrected chi connectivity index (χ2v) is 4.67. The third-order valence-electron chi connectivity index (χ3n) is 3.26. The Hall–Kier alpha value is -2.33. The zero-order chi connectivity index (χ0) is 15.2. The molecule has 2 aromatic rings. The molecule has 0 heterocycles. The normalized spacial score (nSPS) is 10.2. The number of nitrogens with two attached hydrogens (primary N) is 1. The molecule has 2 aromatic carbocycles. The molecule has 0 aromatic heterocycles. The summed E-state index contributed by atoms with van der Waals surface area (Å²) in [4.78, 5) is 12.5. The first-order chi connectivity index (χ1) is 10.2. The zero-order valence-electron chi connectivity index (χ0n) is 12.3. The van der Waals surface area contributed by atoms with Crippen molar-refractivity contribution < 1.29 is 14.3 Å². The van der Waals surface area contributed by atoms with Crippen molar-refractivity contribution in [1.82, 2.24) is 0 Å². The van der Waals surface area contributed by atoms with Gasteiger partial charge >= 0.3 is 0 Å². The van der Waals surface area contributed by atoms with Crippen LogP contribution in [0.15, 0.2) is 42.5 Å². The standard InChI is InChI=1S/C17H19NO3/c1-20-15-9-14(10-16(11-15)21-2)17(19)13-5-3-12(4-6-13)7-8-18/h3-6,9-11H,7-8,18H2,1-2H3. The van der Waals surface area contributed by atoms with Crippen molar-refractivity contribution in [3.8, 4) is 11.5 Å². The summed E-state index contributed by atoms with van der Waals surface area (Å²) in [5, 5.41) is 0. The molecule has 0 fully saturated rings. The Bertz CT molecular complexity index is 598. The molecule has 4 nitrogen and oxygen atoms in total. The van der Waals surface area contributed by atoms with Gasteiger partial charge in [0.25, 0.3) is 0 Å². The van der Waals surface area contributed by atoms with Crippen molar-refractivity contribution in [2.24, 2.45) is 5.73 Å². The largest absolute Gasteiger partial charge is 0.497 e. The highest BCUT2D eigenvalue weighted by molar-refractivity contribution is 6.09. The molecule has 0 bridgehead atoms. The topological polar surface area (TPSA) is 61.5 Å². The van der Waals surface area contributed by atoms with Gasteiger partial charge in [-0.25, -0.2) is 0 Å². The van der Waals surface area contributed by atoms with E-state index in [4.69, 9.17) is 15.2 Å². The van der Waals surface area contributed by atoms with Crippen molar-refractivity contribution >= 4 is 5.78 Å². The van der Waals surface area contributed by atoms with Crippen LogP contribution in [0.25, 0.3) is 0 Å². The summed E-state index contributed by atoms with van der Waals surface area (Å²) in [7, 11) is 3.12. The van der Waals surface area contributed by atoms with Crippen LogP contribution in [-0.2, 0) is 6.42 Å². The molecule has 0 aliphatic rings. The van der Waals surface area contributed by atoms with E-state index in [-0.39, 0.29) is 5.78 Å². The summed E-state index contributed by atoms with van der Waals surface area (Å²) >= 11 is 0. The van der Waals surface area contributed by atoms with Gasteiger partial charge in [0.2, 0.25) is 0 Å². The van der Waals surface area contributed by atoms with E-state index >= 15 is 0 Å². The average Bonchev–Trinajstić information content (AvgIpc) is 2.54. The molecule has 0 atom stereocenters. The second-order valence-electron chi connectivity index (χ2n) is 4.67. The molecule has 21 heavy (non-hydrogen) atoms. The number of carbonyl (C=O) groups excluding carboxylic acids is 1. The van der Waals surface area contributed by atoms with Crippen molar-refractivity contribution in [2.75, 3.05) is 20.8 Å². The summed E-state index contributed by atoms with van der Waals surface area (Å²) in [6, 6.07) is 12.6. The molecular weight excluding hydrogens is 266 g/mol. The van der Waals surface area contributed by atoms with Gasteiger partial charge in [-0.2, -0.15) is 0 Å². The van der Waals surface area contributed by atoms with E-state index in [9.17, 15) is 4.79 Å². The Morgan fingerprint density at radius 2 is 1.52 bits per heavy atom. The van der Waals surface area contributed by atoms with Gasteiger partial charge in [0.15, 0.2) is 5.78 Å². The lowest BCUT2D eigenvalue weighted by Crippen LogP contribution is -2.05. The molecule has 2 N–H and O–H groups in total. The molecule has 0 aliphatic carbocycles. The third kappa shape index (κ3) is 3.61. The highest BCUT2D eigenvalue weighted by atomic mass is 16.5. The molecule has 110 valence electrons. The zero-order valence-corrected chi connectivity index (χ0v) is 12.3. The van der Waals surface area contributed by atoms with E-state index in [2.05, 4.69) is 0 Å². The Morgan fingerprint density at radius 1 is 0.952 bits per heavy atom. The predicted octanol–water partition coefficient (Wildman–Crippen LogP) is 2.44. The summed E-state index contributed by atoms with van der Waals surface area (Å²) in [6.07, 6.45) is 0.807. The molecule has 0 saturated heterocycles. The van der Waals surface area contributed by atoms with Crippen LogP contribution < -0.4 is 15.2 Å². The van der Waals surface area contributed by atoms with Crippen molar-refractivity contribution in [3.63, 3.8) is 0 Å². The monoisotopic (exact) mass is 285 g/mol. The molecular formula is C17H19NO3. The fraction of sp³-hybridized carbons (Fsp3) is 0.235. The van der Waals surface area contributed by atoms with Gasteiger partial charge in [-0.05, 0) is 30.7 Å². The number of methoxy groups -OCH3 is 2. The van der Waals surface area contributed by atoms with Crippen LogP contribution in [0.3, 0.4) is 0 Å². The third-order valence-corrected chi connectivity index (χ3v) is 3.26. The number of benzene rings is 2. The van der Waals surface area contributed by atoms with Crippen LogP contribution in [0.2, 0.25) is 0 Å². The Morgan fingerprint density at radius 3 is 2.00 bits per heavy atom. The van der Waals surface area contributed by atoms with E-state index in [0.717, 1.165) is 12.0 Å². The van der Waals surface area contributed by atoms with Crippen LogP contribution in [-0.4, -0.2) is 26.5 Å². The molecule has 0 spiro atoms. The van der Waals surface area contributed by atoms with Gasteiger partial charge in [0.05, 0.1) is 14.2 Å². The molecule has 0 aliphatic heterocycles. The smallest absolute Gasteiger partial charge is 0.193 e. The fourth-order valence-corrected chi connectivity index (χ4v) is 2.09. The molecule has 4 heteroatoms. The van der Waals surface area contributed by atoms with Crippen molar-refractivity contribution in [3.05, 3.63) is 59.2 Å².